The van der Waals surface area contributed by atoms with Crippen LogP contribution >= 0.6 is 0 Å². The fourth-order valence-electron chi connectivity index (χ4n) is 13.9. The molecule has 0 aliphatic heterocycles. The fourth-order valence-corrected chi connectivity index (χ4v) is 13.9. The van der Waals surface area contributed by atoms with E-state index < -0.39 is 17.4 Å². The molecule has 5 fully saturated rings. The Morgan fingerprint density at radius 2 is 1.59 bits per heavy atom. The largest absolute Gasteiger partial charge is 0.481 e. The minimum Gasteiger partial charge on any atom is -0.481 e. The summed E-state index contributed by atoms with van der Waals surface area (Å²) in [6.45, 7) is 24.5. The van der Waals surface area contributed by atoms with Gasteiger partial charge in [-0.05, 0) is 149 Å². The summed E-state index contributed by atoms with van der Waals surface area (Å²) in [5, 5.41) is 13.0. The Kier molecular flexibility index (Phi) is 9.75. The highest BCUT2D eigenvalue weighted by molar-refractivity contribution is 5.81. The zero-order valence-corrected chi connectivity index (χ0v) is 33.2. The number of carbonyl (C=O) groups excluding carboxylic acids is 2. The number of rotatable bonds is 9. The molecule has 0 spiro atoms. The Balaban J connectivity index is 1.23. The monoisotopic (exact) mass is 702 g/mol. The van der Waals surface area contributed by atoms with E-state index in [1.165, 1.54) is 31.3 Å². The van der Waals surface area contributed by atoms with Gasteiger partial charge in [-0.15, -0.1) is 0 Å². The summed E-state index contributed by atoms with van der Waals surface area (Å²) >= 11 is 0. The van der Waals surface area contributed by atoms with E-state index in [1.807, 2.05) is 18.2 Å². The number of hydrogen-bond acceptors (Lipinski definition) is 4. The van der Waals surface area contributed by atoms with Gasteiger partial charge in [0.1, 0.15) is 6.10 Å². The summed E-state index contributed by atoms with van der Waals surface area (Å²) < 4.78 is 6.18. The topological polar surface area (TPSA) is 92.7 Å². The van der Waals surface area contributed by atoms with Crippen LogP contribution in [-0.2, 0) is 19.1 Å². The van der Waals surface area contributed by atoms with Crippen LogP contribution in [0.4, 0.5) is 0 Å². The number of allylic oxidation sites excluding steroid dienone is 1. The maximum atomic E-state index is 13.9. The predicted octanol–water partition coefficient (Wildman–Crippen LogP) is 10.3. The third kappa shape index (κ3) is 6.11. The van der Waals surface area contributed by atoms with Crippen LogP contribution in [0.2, 0.25) is 0 Å². The normalized spacial score (nSPS) is 40.4. The van der Waals surface area contributed by atoms with Crippen LogP contribution < -0.4 is 5.32 Å². The van der Waals surface area contributed by atoms with Gasteiger partial charge in [0.25, 0.3) is 0 Å². The van der Waals surface area contributed by atoms with Crippen LogP contribution in [0.15, 0.2) is 42.5 Å². The van der Waals surface area contributed by atoms with Crippen molar-refractivity contribution in [1.29, 1.82) is 0 Å². The second-order valence-corrected chi connectivity index (χ2v) is 20.1. The Hall–Kier alpha value is -2.63. The molecule has 1 aromatic carbocycles. The zero-order chi connectivity index (χ0) is 37.4. The van der Waals surface area contributed by atoms with Gasteiger partial charge in [0.15, 0.2) is 0 Å². The smallest absolute Gasteiger partial charge is 0.309 e. The first-order valence-electron chi connectivity index (χ1n) is 20.1. The van der Waals surface area contributed by atoms with Crippen molar-refractivity contribution in [3.8, 4) is 0 Å². The first kappa shape index (κ1) is 38.1. The van der Waals surface area contributed by atoms with Crippen molar-refractivity contribution < 1.29 is 24.2 Å². The van der Waals surface area contributed by atoms with Crippen LogP contribution in [-0.4, -0.2) is 29.1 Å². The molecule has 5 aliphatic carbocycles. The summed E-state index contributed by atoms with van der Waals surface area (Å²) in [6, 6.07) is 10.3. The summed E-state index contributed by atoms with van der Waals surface area (Å²) in [5.41, 5.74) is 1.64. The Morgan fingerprint density at radius 3 is 2.24 bits per heavy atom. The van der Waals surface area contributed by atoms with Crippen molar-refractivity contribution in [3.05, 3.63) is 48.0 Å². The van der Waals surface area contributed by atoms with Crippen molar-refractivity contribution >= 4 is 17.8 Å². The zero-order valence-electron chi connectivity index (χ0n) is 33.2. The minimum absolute atomic E-state index is 0.00882. The standard InChI is InChI=1S/C45H67NO5/c1-28(2)31-18-23-45(26-36(47)46-29(3)30-14-12-11-13-15-30)25-24-43(9)32(38(31)45)16-17-34-42(8)21-20-35(51-37(48)27-40(4,5)39(49)50)41(6,7)33(42)19-22-44(34,43)10/h11-15,29,31-35,38H,1,16-27H2,2-10H3,(H,46,47)(H,49,50)/t29-,31-,32+,33-,34+,35-,38+,42-,43+,44+,45+/m0/s1. The van der Waals surface area contributed by atoms with E-state index in [0.717, 1.165) is 44.1 Å². The van der Waals surface area contributed by atoms with Crippen molar-refractivity contribution in [3.63, 3.8) is 0 Å². The number of aliphatic carboxylic acids is 1. The Morgan fingerprint density at radius 1 is 0.902 bits per heavy atom. The van der Waals surface area contributed by atoms with Crippen molar-refractivity contribution in [1.82, 2.24) is 5.32 Å². The van der Waals surface area contributed by atoms with Gasteiger partial charge in [-0.1, -0.05) is 77.1 Å². The van der Waals surface area contributed by atoms with Gasteiger partial charge >= 0.3 is 11.9 Å². The molecular weight excluding hydrogens is 634 g/mol. The number of carbonyl (C=O) groups is 3. The molecule has 5 aliphatic rings. The number of nitrogens with one attached hydrogen (secondary N) is 1. The van der Waals surface area contributed by atoms with Crippen molar-refractivity contribution in [2.75, 3.05) is 0 Å². The van der Waals surface area contributed by atoms with Gasteiger partial charge < -0.3 is 15.2 Å². The molecule has 0 radical (unpaired) electrons. The third-order valence-electron chi connectivity index (χ3n) is 16.8. The summed E-state index contributed by atoms with van der Waals surface area (Å²) in [5.74, 6) is 1.36. The molecule has 1 aromatic rings. The van der Waals surface area contributed by atoms with Gasteiger partial charge in [-0.2, -0.15) is 0 Å². The molecule has 1 amide bonds. The van der Waals surface area contributed by atoms with Crippen LogP contribution in [0, 0.1) is 62.1 Å². The molecule has 2 N–H and O–H groups in total. The Labute approximate surface area is 308 Å². The fraction of sp³-hybridized carbons (Fsp3) is 0.756. The number of amides is 1. The number of esters is 1. The van der Waals surface area contributed by atoms with Gasteiger partial charge in [0, 0.05) is 11.8 Å². The number of ether oxygens (including phenoxy) is 1. The average Bonchev–Trinajstić information content (AvgIpc) is 3.42. The number of hydrogen-bond donors (Lipinski definition) is 2. The van der Waals surface area contributed by atoms with E-state index in [-0.39, 0.29) is 51.5 Å². The van der Waals surface area contributed by atoms with E-state index in [1.54, 1.807) is 13.8 Å². The van der Waals surface area contributed by atoms with E-state index in [2.05, 4.69) is 72.5 Å². The highest BCUT2D eigenvalue weighted by Gasteiger charge is 2.71. The van der Waals surface area contributed by atoms with Crippen molar-refractivity contribution in [2.24, 2.45) is 62.1 Å². The lowest BCUT2D eigenvalue weighted by atomic mass is 9.32. The molecule has 6 nitrogen and oxygen atoms in total. The maximum absolute atomic E-state index is 13.9. The highest BCUT2D eigenvalue weighted by atomic mass is 16.5. The quantitative estimate of drug-likeness (QED) is 0.197. The van der Waals surface area contributed by atoms with Crippen LogP contribution in [0.3, 0.4) is 0 Å². The maximum Gasteiger partial charge on any atom is 0.309 e. The highest BCUT2D eigenvalue weighted by Crippen LogP contribution is 2.78. The molecule has 0 saturated heterocycles. The molecule has 6 rings (SSSR count). The van der Waals surface area contributed by atoms with E-state index in [0.29, 0.717) is 36.0 Å². The molecule has 11 atom stereocenters. The second-order valence-electron chi connectivity index (χ2n) is 20.1. The lowest BCUT2D eigenvalue weighted by Gasteiger charge is -2.73. The minimum atomic E-state index is -1.14. The van der Waals surface area contributed by atoms with Gasteiger partial charge in [-0.3, -0.25) is 14.4 Å². The van der Waals surface area contributed by atoms with E-state index >= 15 is 0 Å². The number of benzene rings is 1. The molecular formula is C45H67NO5. The lowest BCUT2D eigenvalue weighted by molar-refractivity contribution is -0.250. The first-order valence-corrected chi connectivity index (χ1v) is 20.1. The number of carboxylic acid groups (broad SMARTS) is 1. The van der Waals surface area contributed by atoms with Crippen LogP contribution in [0.25, 0.3) is 0 Å². The molecule has 0 heterocycles. The second kappa shape index (κ2) is 13.0. The van der Waals surface area contributed by atoms with Crippen molar-refractivity contribution in [2.45, 2.75) is 152 Å². The third-order valence-corrected chi connectivity index (χ3v) is 16.8. The summed E-state index contributed by atoms with van der Waals surface area (Å²) in [4.78, 5) is 38.7. The van der Waals surface area contributed by atoms with Crippen LogP contribution in [0.1, 0.15) is 151 Å². The van der Waals surface area contributed by atoms with Gasteiger partial charge in [0.2, 0.25) is 5.91 Å². The average molecular weight is 702 g/mol. The molecule has 6 heteroatoms. The van der Waals surface area contributed by atoms with E-state index in [9.17, 15) is 19.5 Å². The number of carboxylic acids is 1. The predicted molar refractivity (Wildman–Crippen MR) is 202 cm³/mol. The van der Waals surface area contributed by atoms with Gasteiger partial charge in [-0.25, -0.2) is 0 Å². The SMILES string of the molecule is C=C(C)[C@@H]1CC[C@]2(CC(=O)N[C@@H](C)c3ccccc3)CC[C@]3(C)[C@H](CC[C@@H]4[C@@]5(C)CC[C@H](OC(=O)CC(C)(C)C(=O)O)C(C)(C)[C@@H]5CC[C@]43C)[C@@H]12. The molecule has 0 bridgehead atoms. The van der Waals surface area contributed by atoms with Gasteiger partial charge in [0.05, 0.1) is 17.9 Å². The first-order chi connectivity index (χ1) is 23.7. The number of fused-ring (bicyclic) bond motifs is 7. The molecule has 0 unspecified atom stereocenters. The van der Waals surface area contributed by atoms with Crippen LogP contribution in [0.5, 0.6) is 0 Å². The lowest BCUT2D eigenvalue weighted by Crippen LogP contribution is -2.67. The Bertz CT molecular complexity index is 1530. The molecule has 0 aromatic heterocycles. The molecule has 5 saturated carbocycles. The molecule has 51 heavy (non-hydrogen) atoms. The molecule has 282 valence electrons. The van der Waals surface area contributed by atoms with E-state index in [4.69, 9.17) is 4.74 Å². The summed E-state index contributed by atoms with van der Waals surface area (Å²) in [7, 11) is 0. The summed E-state index contributed by atoms with van der Waals surface area (Å²) in [6.07, 6.45) is 11.4.